The van der Waals surface area contributed by atoms with E-state index in [0.717, 1.165) is 25.5 Å². The average molecular weight is 404 g/mol. The number of aromatic amines is 1. The zero-order valence-corrected chi connectivity index (χ0v) is 18.1. The second kappa shape index (κ2) is 8.31. The molecule has 3 heterocycles. The summed E-state index contributed by atoms with van der Waals surface area (Å²) >= 11 is 0. The van der Waals surface area contributed by atoms with E-state index in [-0.39, 0.29) is 0 Å². The number of nitrogens with zero attached hydrogens (tertiary/aromatic N) is 3. The molecule has 1 saturated carbocycles. The highest BCUT2D eigenvalue weighted by Crippen LogP contribution is 2.38. The zero-order valence-electron chi connectivity index (χ0n) is 18.1. The van der Waals surface area contributed by atoms with Crippen LogP contribution in [0, 0.1) is 0 Å². The molecule has 2 aromatic heterocycles. The van der Waals surface area contributed by atoms with E-state index >= 15 is 0 Å². The van der Waals surface area contributed by atoms with Gasteiger partial charge in [-0.25, -0.2) is 4.98 Å². The third-order valence-corrected chi connectivity index (χ3v) is 6.35. The van der Waals surface area contributed by atoms with Crippen molar-refractivity contribution in [2.24, 2.45) is 0 Å². The van der Waals surface area contributed by atoms with Crippen LogP contribution in [0.2, 0.25) is 0 Å². The standard InChI is InChI=1S/C25H33N5/c1-18(2)27-24-8-5-13-26-25(24)30(21-9-10-21)22-11-14-29(15-12-22)17-20-16-19-6-3-4-7-23(19)28-20/h3-8,13,16,18,21-22,27-28H,9-12,14-15,17H2,1-2H3. The summed E-state index contributed by atoms with van der Waals surface area (Å²) in [7, 11) is 0. The summed E-state index contributed by atoms with van der Waals surface area (Å²) in [6.45, 7) is 7.68. The maximum absolute atomic E-state index is 4.82. The van der Waals surface area contributed by atoms with Gasteiger partial charge in [-0.2, -0.15) is 0 Å². The van der Waals surface area contributed by atoms with Gasteiger partial charge in [0.15, 0.2) is 5.82 Å². The van der Waals surface area contributed by atoms with Crippen molar-refractivity contribution in [3.8, 4) is 0 Å². The highest BCUT2D eigenvalue weighted by Gasteiger charge is 2.37. The Morgan fingerprint density at radius 3 is 2.57 bits per heavy atom. The zero-order chi connectivity index (χ0) is 20.5. The number of hydrogen-bond donors (Lipinski definition) is 2. The first-order valence-electron chi connectivity index (χ1n) is 11.5. The molecule has 0 spiro atoms. The van der Waals surface area contributed by atoms with Gasteiger partial charge in [-0.15, -0.1) is 0 Å². The Labute approximate surface area is 179 Å². The molecule has 0 amide bonds. The molecule has 1 saturated heterocycles. The van der Waals surface area contributed by atoms with Gasteiger partial charge in [0.25, 0.3) is 0 Å². The minimum Gasteiger partial charge on any atom is -0.380 e. The molecule has 5 nitrogen and oxygen atoms in total. The van der Waals surface area contributed by atoms with Crippen molar-refractivity contribution in [2.75, 3.05) is 23.3 Å². The van der Waals surface area contributed by atoms with Crippen LogP contribution in [0.25, 0.3) is 10.9 Å². The van der Waals surface area contributed by atoms with Crippen molar-refractivity contribution in [3.63, 3.8) is 0 Å². The maximum Gasteiger partial charge on any atom is 0.152 e. The second-order valence-electron chi connectivity index (χ2n) is 9.20. The molecule has 0 atom stereocenters. The van der Waals surface area contributed by atoms with Gasteiger partial charge >= 0.3 is 0 Å². The van der Waals surface area contributed by atoms with Crippen molar-refractivity contribution in [1.82, 2.24) is 14.9 Å². The van der Waals surface area contributed by atoms with Crippen LogP contribution >= 0.6 is 0 Å². The number of hydrogen-bond acceptors (Lipinski definition) is 4. The van der Waals surface area contributed by atoms with Crippen molar-refractivity contribution in [2.45, 2.75) is 64.2 Å². The number of piperidine rings is 1. The Morgan fingerprint density at radius 1 is 1.07 bits per heavy atom. The fraction of sp³-hybridized carbons (Fsp3) is 0.480. The van der Waals surface area contributed by atoms with Crippen LogP contribution in [-0.4, -0.2) is 46.1 Å². The Hall–Kier alpha value is -2.53. The number of rotatable bonds is 7. The number of para-hydroxylation sites is 1. The van der Waals surface area contributed by atoms with E-state index in [9.17, 15) is 0 Å². The molecular weight excluding hydrogens is 370 g/mol. The maximum atomic E-state index is 4.82. The second-order valence-corrected chi connectivity index (χ2v) is 9.20. The third kappa shape index (κ3) is 4.17. The first-order chi connectivity index (χ1) is 14.7. The molecule has 30 heavy (non-hydrogen) atoms. The molecule has 1 aliphatic carbocycles. The van der Waals surface area contributed by atoms with E-state index in [2.05, 4.69) is 70.3 Å². The number of benzene rings is 1. The van der Waals surface area contributed by atoms with E-state index in [1.54, 1.807) is 0 Å². The van der Waals surface area contributed by atoms with E-state index < -0.39 is 0 Å². The molecule has 1 aromatic carbocycles. The fourth-order valence-corrected chi connectivity index (χ4v) is 4.84. The smallest absolute Gasteiger partial charge is 0.152 e. The predicted molar refractivity (Wildman–Crippen MR) is 125 cm³/mol. The minimum absolute atomic E-state index is 0.409. The Kier molecular flexibility index (Phi) is 5.38. The van der Waals surface area contributed by atoms with Crippen LogP contribution < -0.4 is 10.2 Å². The number of pyridine rings is 1. The van der Waals surface area contributed by atoms with Gasteiger partial charge in [-0.3, -0.25) is 4.90 Å². The van der Waals surface area contributed by atoms with Crippen LogP contribution in [0.15, 0.2) is 48.7 Å². The summed E-state index contributed by atoms with van der Waals surface area (Å²) in [5.74, 6) is 1.16. The lowest BCUT2D eigenvalue weighted by atomic mass is 10.0. The molecule has 158 valence electrons. The summed E-state index contributed by atoms with van der Waals surface area (Å²) in [6.07, 6.45) is 6.95. The molecule has 1 aliphatic heterocycles. The van der Waals surface area contributed by atoms with Crippen molar-refractivity contribution >= 4 is 22.4 Å². The first kappa shape index (κ1) is 19.4. The number of fused-ring (bicyclic) bond motifs is 1. The summed E-state index contributed by atoms with van der Waals surface area (Å²) in [6, 6.07) is 16.7. The van der Waals surface area contributed by atoms with Crippen LogP contribution in [0.5, 0.6) is 0 Å². The SMILES string of the molecule is CC(C)Nc1cccnc1N(C1CC1)C1CCN(Cc2cc3ccccc3[nH]2)CC1. The highest BCUT2D eigenvalue weighted by molar-refractivity contribution is 5.80. The fourth-order valence-electron chi connectivity index (χ4n) is 4.84. The van der Waals surface area contributed by atoms with Gasteiger partial charge in [0, 0.05) is 55.2 Å². The predicted octanol–water partition coefficient (Wildman–Crippen LogP) is 5.02. The Balaban J connectivity index is 1.27. The lowest BCUT2D eigenvalue weighted by molar-refractivity contribution is 0.199. The molecule has 0 radical (unpaired) electrons. The molecular formula is C25H33N5. The van der Waals surface area contributed by atoms with Crippen LogP contribution in [-0.2, 0) is 6.54 Å². The number of anilines is 2. The first-order valence-corrected chi connectivity index (χ1v) is 11.5. The summed E-state index contributed by atoms with van der Waals surface area (Å²) < 4.78 is 0. The van der Waals surface area contributed by atoms with Crippen molar-refractivity contribution < 1.29 is 0 Å². The normalized spacial score (nSPS) is 18.2. The molecule has 0 bridgehead atoms. The van der Waals surface area contributed by atoms with Gasteiger partial charge < -0.3 is 15.2 Å². The number of H-pyrrole nitrogens is 1. The molecule has 3 aromatic rings. The third-order valence-electron chi connectivity index (χ3n) is 6.35. The summed E-state index contributed by atoms with van der Waals surface area (Å²) in [5.41, 5.74) is 3.74. The van der Waals surface area contributed by atoms with E-state index in [4.69, 9.17) is 4.98 Å². The van der Waals surface area contributed by atoms with Crippen LogP contribution in [0.1, 0.15) is 45.2 Å². The Morgan fingerprint density at radius 2 is 1.83 bits per heavy atom. The molecule has 2 N–H and O–H groups in total. The van der Waals surface area contributed by atoms with Crippen molar-refractivity contribution in [1.29, 1.82) is 0 Å². The lowest BCUT2D eigenvalue weighted by Crippen LogP contribution is -2.46. The van der Waals surface area contributed by atoms with Gasteiger partial charge in [0.2, 0.25) is 0 Å². The average Bonchev–Trinajstić information content (AvgIpc) is 3.49. The van der Waals surface area contributed by atoms with Gasteiger partial charge in [-0.1, -0.05) is 18.2 Å². The van der Waals surface area contributed by atoms with Crippen molar-refractivity contribution in [3.05, 3.63) is 54.4 Å². The Bertz CT molecular complexity index is 949. The van der Waals surface area contributed by atoms with Crippen LogP contribution in [0.4, 0.5) is 11.5 Å². The molecule has 2 aliphatic rings. The van der Waals surface area contributed by atoms with Gasteiger partial charge in [0.05, 0.1) is 5.69 Å². The quantitative estimate of drug-likeness (QED) is 0.582. The number of nitrogens with one attached hydrogen (secondary N) is 2. The van der Waals surface area contributed by atoms with Gasteiger partial charge in [-0.05, 0) is 69.2 Å². The largest absolute Gasteiger partial charge is 0.380 e. The highest BCUT2D eigenvalue weighted by atomic mass is 15.3. The number of aromatic nitrogens is 2. The monoisotopic (exact) mass is 403 g/mol. The molecule has 5 rings (SSSR count). The topological polar surface area (TPSA) is 47.2 Å². The van der Waals surface area contributed by atoms with E-state index in [1.165, 1.54) is 48.0 Å². The number of likely N-dealkylation sites (tertiary alicyclic amines) is 1. The van der Waals surface area contributed by atoms with E-state index in [1.807, 2.05) is 12.3 Å². The molecule has 2 fully saturated rings. The summed E-state index contributed by atoms with van der Waals surface area (Å²) in [4.78, 5) is 13.6. The van der Waals surface area contributed by atoms with E-state index in [0.29, 0.717) is 18.1 Å². The minimum atomic E-state index is 0.409. The van der Waals surface area contributed by atoms with Gasteiger partial charge in [0.1, 0.15) is 0 Å². The summed E-state index contributed by atoms with van der Waals surface area (Å²) in [5, 5.41) is 4.92. The van der Waals surface area contributed by atoms with Crippen LogP contribution in [0.3, 0.4) is 0 Å². The molecule has 0 unspecified atom stereocenters. The molecule has 5 heteroatoms. The lowest BCUT2D eigenvalue weighted by Gasteiger charge is -2.40.